The normalized spacial score (nSPS) is 14.4. The van der Waals surface area contributed by atoms with Crippen LogP contribution in [-0.2, 0) is 16.4 Å². The Morgan fingerprint density at radius 3 is 2.82 bits per heavy atom. The summed E-state index contributed by atoms with van der Waals surface area (Å²) in [4.78, 5) is 2.47. The van der Waals surface area contributed by atoms with Crippen LogP contribution >= 0.6 is 0 Å². The highest BCUT2D eigenvalue weighted by molar-refractivity contribution is 7.89. The molecule has 1 aromatic carbocycles. The molecule has 0 aliphatic carbocycles. The lowest BCUT2D eigenvalue weighted by Crippen LogP contribution is -2.34. The zero-order valence-electron chi connectivity index (χ0n) is 12.8. The number of aromatic amines is 1. The molecule has 6 nitrogen and oxygen atoms in total. The number of anilines is 1. The molecule has 22 heavy (non-hydrogen) atoms. The van der Waals surface area contributed by atoms with E-state index in [0.29, 0.717) is 24.5 Å². The van der Waals surface area contributed by atoms with Gasteiger partial charge in [-0.3, -0.25) is 5.10 Å². The molecule has 0 radical (unpaired) electrons. The molecule has 2 aromatic rings. The van der Waals surface area contributed by atoms with Gasteiger partial charge in [0.2, 0.25) is 10.0 Å². The Bertz CT molecular complexity index is 763. The van der Waals surface area contributed by atoms with Gasteiger partial charge in [-0.2, -0.15) is 5.10 Å². The number of benzene rings is 1. The van der Waals surface area contributed by atoms with E-state index in [9.17, 15) is 8.42 Å². The lowest BCUT2D eigenvalue weighted by atomic mass is 10.2. The van der Waals surface area contributed by atoms with Crippen molar-refractivity contribution in [1.82, 2.24) is 14.9 Å². The summed E-state index contributed by atoms with van der Waals surface area (Å²) < 4.78 is 27.4. The van der Waals surface area contributed by atoms with Crippen molar-refractivity contribution < 1.29 is 8.42 Å². The molecule has 1 aromatic heterocycles. The average Bonchev–Trinajstić information content (AvgIpc) is 3.03. The molecule has 2 N–H and O–H groups in total. The molecule has 7 heteroatoms. The van der Waals surface area contributed by atoms with Gasteiger partial charge >= 0.3 is 0 Å². The van der Waals surface area contributed by atoms with E-state index in [2.05, 4.69) is 32.0 Å². The SMILES string of the molecule is Cc1n[nH]c(C)c1S(=O)(=O)NCCN1CCc2ccccc21. The van der Waals surface area contributed by atoms with E-state index < -0.39 is 10.0 Å². The predicted octanol–water partition coefficient (Wildman–Crippen LogP) is 1.37. The number of hydrogen-bond donors (Lipinski definition) is 2. The number of sulfonamides is 1. The number of aryl methyl sites for hydroxylation is 2. The highest BCUT2D eigenvalue weighted by Gasteiger charge is 2.23. The molecule has 0 atom stereocenters. The summed E-state index contributed by atoms with van der Waals surface area (Å²) in [6.45, 7) is 5.37. The maximum Gasteiger partial charge on any atom is 0.244 e. The first-order chi connectivity index (χ1) is 10.5. The van der Waals surface area contributed by atoms with Crippen molar-refractivity contribution >= 4 is 15.7 Å². The number of nitrogens with zero attached hydrogens (tertiary/aromatic N) is 2. The van der Waals surface area contributed by atoms with Crippen molar-refractivity contribution in [2.45, 2.75) is 25.2 Å². The topological polar surface area (TPSA) is 78.1 Å². The van der Waals surface area contributed by atoms with Gasteiger partial charge in [0.05, 0.1) is 11.4 Å². The molecule has 1 aliphatic rings. The molecule has 118 valence electrons. The Hall–Kier alpha value is -1.86. The lowest BCUT2D eigenvalue weighted by Gasteiger charge is -2.19. The van der Waals surface area contributed by atoms with Crippen LogP contribution in [0.2, 0.25) is 0 Å². The van der Waals surface area contributed by atoms with Crippen molar-refractivity contribution in [2.75, 3.05) is 24.5 Å². The van der Waals surface area contributed by atoms with Crippen LogP contribution in [0.3, 0.4) is 0 Å². The van der Waals surface area contributed by atoms with Gasteiger partial charge in [0.25, 0.3) is 0 Å². The molecule has 3 rings (SSSR count). The van der Waals surface area contributed by atoms with Gasteiger partial charge in [-0.25, -0.2) is 13.1 Å². The van der Waals surface area contributed by atoms with Crippen LogP contribution in [0.15, 0.2) is 29.2 Å². The Morgan fingerprint density at radius 2 is 2.09 bits per heavy atom. The fraction of sp³-hybridized carbons (Fsp3) is 0.400. The number of aromatic nitrogens is 2. The highest BCUT2D eigenvalue weighted by Crippen LogP contribution is 2.26. The zero-order chi connectivity index (χ0) is 15.7. The summed E-state index contributed by atoms with van der Waals surface area (Å²) in [5.41, 5.74) is 3.59. The smallest absolute Gasteiger partial charge is 0.244 e. The van der Waals surface area contributed by atoms with E-state index >= 15 is 0 Å². The summed E-state index contributed by atoms with van der Waals surface area (Å²) in [5, 5.41) is 6.65. The molecule has 0 saturated heterocycles. The predicted molar refractivity (Wildman–Crippen MR) is 85.6 cm³/mol. The number of H-pyrrole nitrogens is 1. The van der Waals surface area contributed by atoms with Gasteiger partial charge in [0, 0.05) is 25.3 Å². The summed E-state index contributed by atoms with van der Waals surface area (Å²) in [7, 11) is -3.52. The van der Waals surface area contributed by atoms with Crippen molar-refractivity contribution in [2.24, 2.45) is 0 Å². The molecule has 2 heterocycles. The van der Waals surface area contributed by atoms with E-state index in [1.165, 1.54) is 11.3 Å². The second-order valence-electron chi connectivity index (χ2n) is 5.53. The Labute approximate surface area is 130 Å². The lowest BCUT2D eigenvalue weighted by molar-refractivity contribution is 0.580. The minimum atomic E-state index is -3.52. The quantitative estimate of drug-likeness (QED) is 0.872. The van der Waals surface area contributed by atoms with Crippen molar-refractivity contribution in [3.8, 4) is 0 Å². The molecule has 0 bridgehead atoms. The van der Waals surface area contributed by atoms with Crippen LogP contribution in [0.5, 0.6) is 0 Å². The highest BCUT2D eigenvalue weighted by atomic mass is 32.2. The van der Waals surface area contributed by atoms with Gasteiger partial charge in [-0.1, -0.05) is 18.2 Å². The Kier molecular flexibility index (Phi) is 3.92. The van der Waals surface area contributed by atoms with Gasteiger partial charge in [0.1, 0.15) is 4.90 Å². The molecule has 0 spiro atoms. The third-order valence-corrected chi connectivity index (χ3v) is 5.71. The zero-order valence-corrected chi connectivity index (χ0v) is 13.6. The van der Waals surface area contributed by atoms with E-state index in [4.69, 9.17) is 0 Å². The average molecular weight is 320 g/mol. The van der Waals surface area contributed by atoms with Crippen LogP contribution in [0.1, 0.15) is 17.0 Å². The van der Waals surface area contributed by atoms with E-state index in [0.717, 1.165) is 13.0 Å². The fourth-order valence-corrected chi connectivity index (χ4v) is 4.35. The minimum Gasteiger partial charge on any atom is -0.370 e. The molecule has 1 aliphatic heterocycles. The minimum absolute atomic E-state index is 0.259. The van der Waals surface area contributed by atoms with Crippen LogP contribution < -0.4 is 9.62 Å². The second kappa shape index (κ2) is 5.73. The molecular formula is C15H20N4O2S. The number of rotatable bonds is 5. The third kappa shape index (κ3) is 2.74. The van der Waals surface area contributed by atoms with Crippen molar-refractivity contribution in [1.29, 1.82) is 0 Å². The number of para-hydroxylation sites is 1. The van der Waals surface area contributed by atoms with Gasteiger partial charge < -0.3 is 4.90 Å². The van der Waals surface area contributed by atoms with Crippen LogP contribution in [0.4, 0.5) is 5.69 Å². The Morgan fingerprint density at radius 1 is 1.32 bits per heavy atom. The van der Waals surface area contributed by atoms with Crippen LogP contribution in [0.25, 0.3) is 0 Å². The van der Waals surface area contributed by atoms with Crippen molar-refractivity contribution in [3.63, 3.8) is 0 Å². The molecule has 0 unspecified atom stereocenters. The van der Waals surface area contributed by atoms with Crippen molar-refractivity contribution in [3.05, 3.63) is 41.2 Å². The van der Waals surface area contributed by atoms with Crippen LogP contribution in [0, 0.1) is 13.8 Å². The molecule has 0 fully saturated rings. The Balaban J connectivity index is 1.65. The van der Waals surface area contributed by atoms with Crippen LogP contribution in [-0.4, -0.2) is 38.2 Å². The standard InChI is InChI=1S/C15H20N4O2S/c1-11-15(12(2)18-17-11)22(20,21)16-8-10-19-9-7-13-5-3-4-6-14(13)19/h3-6,16H,7-10H2,1-2H3,(H,17,18). The first-order valence-corrected chi connectivity index (χ1v) is 8.81. The summed E-state index contributed by atoms with van der Waals surface area (Å²) in [6, 6.07) is 8.26. The summed E-state index contributed by atoms with van der Waals surface area (Å²) in [5.74, 6) is 0. The molecular weight excluding hydrogens is 300 g/mol. The fourth-order valence-electron chi connectivity index (χ4n) is 2.96. The van der Waals surface area contributed by atoms with Gasteiger partial charge in [-0.15, -0.1) is 0 Å². The summed E-state index contributed by atoms with van der Waals surface area (Å²) >= 11 is 0. The number of nitrogens with one attached hydrogen (secondary N) is 2. The maximum absolute atomic E-state index is 12.4. The maximum atomic E-state index is 12.4. The summed E-state index contributed by atoms with van der Waals surface area (Å²) in [6.07, 6.45) is 1.02. The monoisotopic (exact) mass is 320 g/mol. The first-order valence-electron chi connectivity index (χ1n) is 7.33. The second-order valence-corrected chi connectivity index (χ2v) is 7.23. The number of hydrogen-bond acceptors (Lipinski definition) is 4. The molecule has 0 saturated carbocycles. The number of fused-ring (bicyclic) bond motifs is 1. The van der Waals surface area contributed by atoms with Gasteiger partial charge in [-0.05, 0) is 31.9 Å². The van der Waals surface area contributed by atoms with E-state index in [1.54, 1.807) is 13.8 Å². The van der Waals surface area contributed by atoms with E-state index in [1.807, 2.05) is 12.1 Å². The van der Waals surface area contributed by atoms with Gasteiger partial charge in [0.15, 0.2) is 0 Å². The van der Waals surface area contributed by atoms with E-state index in [-0.39, 0.29) is 4.90 Å². The molecule has 0 amide bonds. The third-order valence-electron chi connectivity index (χ3n) is 3.99. The largest absolute Gasteiger partial charge is 0.370 e. The first kappa shape index (κ1) is 15.1.